The Hall–Kier alpha value is -0.0800. The summed E-state index contributed by atoms with van der Waals surface area (Å²) >= 11 is 0. The molecule has 0 aromatic carbocycles. The molecule has 0 heterocycles. The van der Waals surface area contributed by atoms with Gasteiger partial charge < -0.3 is 10.0 Å². The topological polar surface area (TPSA) is 23.5 Å². The molecule has 2 nitrogen and oxygen atoms in total. The van der Waals surface area contributed by atoms with E-state index >= 15 is 0 Å². The van der Waals surface area contributed by atoms with Crippen LogP contribution in [0.15, 0.2) is 0 Å². The van der Waals surface area contributed by atoms with E-state index in [4.69, 9.17) is 0 Å². The van der Waals surface area contributed by atoms with E-state index in [1.165, 1.54) is 45.1 Å². The van der Waals surface area contributed by atoms with Gasteiger partial charge in [-0.3, -0.25) is 0 Å². The third-order valence-corrected chi connectivity index (χ3v) is 4.98. The molecule has 2 unspecified atom stereocenters. The molecule has 0 saturated heterocycles. The smallest absolute Gasteiger partial charge is 0.0499 e. The van der Waals surface area contributed by atoms with Crippen molar-refractivity contribution in [2.24, 2.45) is 17.3 Å². The lowest BCUT2D eigenvalue weighted by molar-refractivity contribution is 0.0134. The van der Waals surface area contributed by atoms with Crippen molar-refractivity contribution in [2.45, 2.75) is 65.3 Å². The monoisotopic (exact) mass is 253 g/mol. The van der Waals surface area contributed by atoms with Crippen molar-refractivity contribution in [1.29, 1.82) is 0 Å². The second-order valence-electron chi connectivity index (χ2n) is 7.33. The molecule has 0 aliphatic heterocycles. The molecule has 2 aliphatic rings. The molecule has 0 aromatic heterocycles. The largest absolute Gasteiger partial charge is 0.396 e. The predicted octanol–water partition coefficient (Wildman–Crippen LogP) is 3.30. The molecule has 18 heavy (non-hydrogen) atoms. The summed E-state index contributed by atoms with van der Waals surface area (Å²) in [4.78, 5) is 2.63. The molecule has 1 N–H and O–H groups in total. The molecule has 0 radical (unpaired) electrons. The lowest BCUT2D eigenvalue weighted by Crippen LogP contribution is -2.46. The van der Waals surface area contributed by atoms with Crippen molar-refractivity contribution in [2.75, 3.05) is 19.7 Å². The van der Waals surface area contributed by atoms with Crippen LogP contribution in [0, 0.1) is 17.3 Å². The molecular formula is C16H31NO. The van der Waals surface area contributed by atoms with Crippen molar-refractivity contribution in [3.05, 3.63) is 0 Å². The maximum atomic E-state index is 9.91. The average Bonchev–Trinajstić information content (AvgIpc) is 3.12. The lowest BCUT2D eigenvalue weighted by atomic mass is 9.70. The molecule has 0 amide bonds. The number of nitrogens with zero attached hydrogens (tertiary/aromatic N) is 1. The molecule has 2 atom stereocenters. The fraction of sp³-hybridized carbons (Fsp3) is 1.00. The van der Waals surface area contributed by atoms with E-state index < -0.39 is 0 Å². The van der Waals surface area contributed by atoms with Crippen LogP contribution in [0.3, 0.4) is 0 Å². The Bertz CT molecular complexity index is 262. The van der Waals surface area contributed by atoms with Crippen LogP contribution in [0.2, 0.25) is 0 Å². The van der Waals surface area contributed by atoms with Crippen molar-refractivity contribution in [3.63, 3.8) is 0 Å². The van der Waals surface area contributed by atoms with Crippen LogP contribution in [0.4, 0.5) is 0 Å². The first-order valence-electron chi connectivity index (χ1n) is 7.89. The minimum Gasteiger partial charge on any atom is -0.396 e. The van der Waals surface area contributed by atoms with Crippen LogP contribution in [-0.4, -0.2) is 35.7 Å². The number of aliphatic hydroxyl groups excluding tert-OH is 1. The summed E-state index contributed by atoms with van der Waals surface area (Å²) in [6.07, 6.45) is 7.94. The van der Waals surface area contributed by atoms with E-state index in [2.05, 4.69) is 25.7 Å². The number of hydrogen-bond donors (Lipinski definition) is 1. The second-order valence-corrected chi connectivity index (χ2v) is 7.33. The van der Waals surface area contributed by atoms with Gasteiger partial charge in [0.1, 0.15) is 0 Å². The van der Waals surface area contributed by atoms with Gasteiger partial charge in [-0.2, -0.15) is 0 Å². The van der Waals surface area contributed by atoms with Crippen molar-refractivity contribution >= 4 is 0 Å². The maximum absolute atomic E-state index is 9.91. The molecule has 2 saturated carbocycles. The Balaban J connectivity index is 1.96. The summed E-state index contributed by atoms with van der Waals surface area (Å²) in [7, 11) is 0. The standard InChI is InChI=1S/C16H31NO/c1-13(2)17(10-15-6-7-15)11-16(12-18)8-4-5-14(3)9-16/h13-15,18H,4-12H2,1-3H3. The van der Waals surface area contributed by atoms with Gasteiger partial charge in [-0.1, -0.05) is 19.8 Å². The zero-order valence-electron chi connectivity index (χ0n) is 12.5. The molecule has 2 heteroatoms. The minimum absolute atomic E-state index is 0.191. The summed E-state index contributed by atoms with van der Waals surface area (Å²) in [6, 6.07) is 0.617. The highest BCUT2D eigenvalue weighted by Crippen LogP contribution is 2.41. The quantitative estimate of drug-likeness (QED) is 0.785. The highest BCUT2D eigenvalue weighted by atomic mass is 16.3. The second kappa shape index (κ2) is 5.92. The molecular weight excluding hydrogens is 222 g/mol. The molecule has 0 bridgehead atoms. The van der Waals surface area contributed by atoms with E-state index in [1.54, 1.807) is 0 Å². The van der Waals surface area contributed by atoms with Crippen LogP contribution in [0.25, 0.3) is 0 Å². The van der Waals surface area contributed by atoms with Crippen LogP contribution in [0.1, 0.15) is 59.3 Å². The molecule has 2 aliphatic carbocycles. The zero-order chi connectivity index (χ0) is 13.2. The summed E-state index contributed by atoms with van der Waals surface area (Å²) in [5.74, 6) is 1.74. The molecule has 2 rings (SSSR count). The number of rotatable bonds is 6. The van der Waals surface area contributed by atoms with Crippen LogP contribution in [0.5, 0.6) is 0 Å². The van der Waals surface area contributed by atoms with E-state index in [1.807, 2.05) is 0 Å². The van der Waals surface area contributed by atoms with Crippen molar-refractivity contribution < 1.29 is 5.11 Å². The third-order valence-electron chi connectivity index (χ3n) is 4.98. The van der Waals surface area contributed by atoms with Crippen molar-refractivity contribution in [1.82, 2.24) is 4.90 Å². The zero-order valence-corrected chi connectivity index (χ0v) is 12.5. The van der Waals surface area contributed by atoms with Gasteiger partial charge in [0.05, 0.1) is 0 Å². The first-order chi connectivity index (χ1) is 8.54. The SMILES string of the molecule is CC1CCCC(CO)(CN(CC2CC2)C(C)C)C1. The highest BCUT2D eigenvalue weighted by molar-refractivity contribution is 4.90. The summed E-state index contributed by atoms with van der Waals surface area (Å²) in [5.41, 5.74) is 0.191. The highest BCUT2D eigenvalue weighted by Gasteiger charge is 2.37. The van der Waals surface area contributed by atoms with E-state index in [0.717, 1.165) is 18.4 Å². The molecule has 106 valence electrons. The van der Waals surface area contributed by atoms with Gasteiger partial charge in [0.15, 0.2) is 0 Å². The first kappa shape index (κ1) is 14.3. The Morgan fingerprint density at radius 1 is 1.28 bits per heavy atom. The normalized spacial score (nSPS) is 33.3. The maximum Gasteiger partial charge on any atom is 0.0499 e. The molecule has 2 fully saturated rings. The van der Waals surface area contributed by atoms with Crippen molar-refractivity contribution in [3.8, 4) is 0 Å². The average molecular weight is 253 g/mol. The minimum atomic E-state index is 0.191. The van der Waals surface area contributed by atoms with Gasteiger partial charge in [0.2, 0.25) is 0 Å². The summed E-state index contributed by atoms with van der Waals surface area (Å²) < 4.78 is 0. The Morgan fingerprint density at radius 3 is 2.50 bits per heavy atom. The van der Waals surface area contributed by atoms with E-state index in [0.29, 0.717) is 12.6 Å². The Labute approximate surface area is 113 Å². The molecule has 0 spiro atoms. The Kier molecular flexibility index (Phi) is 4.71. The summed E-state index contributed by atoms with van der Waals surface area (Å²) in [5, 5.41) is 9.91. The van der Waals surface area contributed by atoms with E-state index in [-0.39, 0.29) is 5.41 Å². The van der Waals surface area contributed by atoms with Gasteiger partial charge in [-0.25, -0.2) is 0 Å². The van der Waals surface area contributed by atoms with E-state index in [9.17, 15) is 5.11 Å². The van der Waals surface area contributed by atoms with Crippen LogP contribution < -0.4 is 0 Å². The lowest BCUT2D eigenvalue weighted by Gasteiger charge is -2.43. The third kappa shape index (κ3) is 3.71. The van der Waals surface area contributed by atoms with Crippen LogP contribution in [-0.2, 0) is 0 Å². The van der Waals surface area contributed by atoms with Crippen LogP contribution >= 0.6 is 0 Å². The van der Waals surface area contributed by atoms with Gasteiger partial charge in [0.25, 0.3) is 0 Å². The predicted molar refractivity (Wildman–Crippen MR) is 76.6 cm³/mol. The number of aliphatic hydroxyl groups is 1. The fourth-order valence-corrected chi connectivity index (χ4v) is 3.63. The first-order valence-corrected chi connectivity index (χ1v) is 7.89. The number of hydrogen-bond acceptors (Lipinski definition) is 2. The Morgan fingerprint density at radius 2 is 2.00 bits per heavy atom. The van der Waals surface area contributed by atoms with Gasteiger partial charge >= 0.3 is 0 Å². The van der Waals surface area contributed by atoms with Gasteiger partial charge in [0, 0.05) is 31.2 Å². The fourth-order valence-electron chi connectivity index (χ4n) is 3.63. The molecule has 0 aromatic rings. The van der Waals surface area contributed by atoms with Gasteiger partial charge in [-0.05, 0) is 51.4 Å². The summed E-state index contributed by atoms with van der Waals surface area (Å²) in [6.45, 7) is 9.71. The van der Waals surface area contributed by atoms with Gasteiger partial charge in [-0.15, -0.1) is 0 Å².